The summed E-state index contributed by atoms with van der Waals surface area (Å²) in [4.78, 5) is 22.6. The lowest BCUT2D eigenvalue weighted by Gasteiger charge is -2.16. The molecule has 1 unspecified atom stereocenters. The van der Waals surface area contributed by atoms with Crippen molar-refractivity contribution < 1.29 is 33.4 Å². The number of carbonyl (C=O) groups excluding carboxylic acids is 1. The van der Waals surface area contributed by atoms with Crippen LogP contribution in [0.25, 0.3) is 0 Å². The van der Waals surface area contributed by atoms with Crippen LogP contribution in [0.15, 0.2) is 24.3 Å². The molecule has 1 aromatic carbocycles. The predicted molar refractivity (Wildman–Crippen MR) is 96.3 cm³/mol. The Balaban J connectivity index is 2.24. The van der Waals surface area contributed by atoms with Crippen LogP contribution in [-0.4, -0.2) is 57.8 Å². The quantitative estimate of drug-likeness (QED) is 0.149. The van der Waals surface area contributed by atoms with Crippen molar-refractivity contribution in [1.82, 2.24) is 0 Å². The van der Waals surface area contributed by atoms with Crippen molar-refractivity contribution in [3.8, 4) is 0 Å². The van der Waals surface area contributed by atoms with Crippen LogP contribution in [0.5, 0.6) is 0 Å². The van der Waals surface area contributed by atoms with Gasteiger partial charge in [0.25, 0.3) is 5.69 Å². The third kappa shape index (κ3) is 9.43. The summed E-state index contributed by atoms with van der Waals surface area (Å²) in [6, 6.07) is 6.26. The molecule has 27 heavy (non-hydrogen) atoms. The van der Waals surface area contributed by atoms with Gasteiger partial charge in [0, 0.05) is 13.2 Å². The van der Waals surface area contributed by atoms with E-state index < -0.39 is 17.0 Å². The summed E-state index contributed by atoms with van der Waals surface area (Å²) in [6.07, 6.45) is -0.165. The smallest absolute Gasteiger partial charge is 0.308 e. The Morgan fingerprint density at radius 1 is 1.07 bits per heavy atom. The standard InChI is InChI=1S/C18H27NO8/c1-3-17(15-6-4-5-7-16(15)19(21)22)27-18(20)8-9-24-12-13-26-14-25-11-10-23-2/h4-7,17H,3,8-14H2,1-2H3. The minimum Gasteiger partial charge on any atom is -0.457 e. The highest BCUT2D eigenvalue weighted by molar-refractivity contribution is 5.70. The molecule has 0 N–H and O–H groups in total. The number of nitro groups is 1. The first-order valence-electron chi connectivity index (χ1n) is 8.75. The summed E-state index contributed by atoms with van der Waals surface area (Å²) in [5.74, 6) is -0.469. The highest BCUT2D eigenvalue weighted by Crippen LogP contribution is 2.29. The maximum atomic E-state index is 12.0. The molecule has 9 nitrogen and oxygen atoms in total. The molecule has 0 aromatic heterocycles. The second kappa shape index (κ2) is 14.0. The zero-order valence-corrected chi connectivity index (χ0v) is 15.8. The number of ether oxygens (including phenoxy) is 5. The average Bonchev–Trinajstić information content (AvgIpc) is 2.67. The zero-order chi connectivity index (χ0) is 19.9. The van der Waals surface area contributed by atoms with Crippen LogP contribution in [-0.2, 0) is 28.5 Å². The Morgan fingerprint density at radius 2 is 1.74 bits per heavy atom. The van der Waals surface area contributed by atoms with E-state index in [-0.39, 0.29) is 25.5 Å². The summed E-state index contributed by atoms with van der Waals surface area (Å²) in [5.41, 5.74) is 0.333. The van der Waals surface area contributed by atoms with Crippen molar-refractivity contribution in [3.63, 3.8) is 0 Å². The molecule has 0 aliphatic rings. The average molecular weight is 385 g/mol. The number of nitro benzene ring substituents is 1. The van der Waals surface area contributed by atoms with E-state index in [1.54, 1.807) is 32.2 Å². The van der Waals surface area contributed by atoms with Crippen LogP contribution >= 0.6 is 0 Å². The number of hydrogen-bond donors (Lipinski definition) is 0. The number of methoxy groups -OCH3 is 1. The molecule has 0 spiro atoms. The Kier molecular flexibility index (Phi) is 11.9. The van der Waals surface area contributed by atoms with E-state index in [1.807, 2.05) is 0 Å². The number of esters is 1. The normalized spacial score (nSPS) is 11.9. The van der Waals surface area contributed by atoms with Gasteiger partial charge in [-0.3, -0.25) is 14.9 Å². The molecular formula is C18H27NO8. The van der Waals surface area contributed by atoms with Crippen LogP contribution in [0.4, 0.5) is 5.69 Å². The Labute approximate surface area is 158 Å². The lowest BCUT2D eigenvalue weighted by molar-refractivity contribution is -0.386. The molecule has 1 aromatic rings. The molecule has 0 bridgehead atoms. The molecule has 0 heterocycles. The van der Waals surface area contributed by atoms with Crippen molar-refractivity contribution >= 4 is 11.7 Å². The Hall–Kier alpha value is -2.07. The largest absolute Gasteiger partial charge is 0.457 e. The lowest BCUT2D eigenvalue weighted by atomic mass is 10.1. The van der Waals surface area contributed by atoms with Gasteiger partial charge in [-0.05, 0) is 12.5 Å². The van der Waals surface area contributed by atoms with Gasteiger partial charge in [-0.25, -0.2) is 0 Å². The SMILES string of the molecule is CCC(OC(=O)CCOCCOCOCCOC)c1ccccc1[N+](=O)[O-]. The first-order valence-corrected chi connectivity index (χ1v) is 8.75. The highest BCUT2D eigenvalue weighted by atomic mass is 16.7. The van der Waals surface area contributed by atoms with Crippen LogP contribution in [0.3, 0.4) is 0 Å². The first-order chi connectivity index (χ1) is 13.1. The number of hydrogen-bond acceptors (Lipinski definition) is 8. The summed E-state index contributed by atoms with van der Waals surface area (Å²) in [6.45, 7) is 3.77. The van der Waals surface area contributed by atoms with Gasteiger partial charge in [-0.2, -0.15) is 0 Å². The van der Waals surface area contributed by atoms with Crippen molar-refractivity contribution in [1.29, 1.82) is 0 Å². The van der Waals surface area contributed by atoms with E-state index in [0.29, 0.717) is 38.4 Å². The fourth-order valence-corrected chi connectivity index (χ4v) is 2.20. The Morgan fingerprint density at radius 3 is 2.41 bits per heavy atom. The molecule has 0 aliphatic heterocycles. The summed E-state index contributed by atoms with van der Waals surface area (Å²) >= 11 is 0. The summed E-state index contributed by atoms with van der Waals surface area (Å²) in [5, 5.41) is 11.1. The number of para-hydroxylation sites is 1. The maximum Gasteiger partial charge on any atom is 0.308 e. The first kappa shape index (κ1) is 23.0. The maximum absolute atomic E-state index is 12.0. The van der Waals surface area contributed by atoms with Gasteiger partial charge in [0.2, 0.25) is 0 Å². The van der Waals surface area contributed by atoms with Gasteiger partial charge in [0.05, 0.1) is 49.9 Å². The number of rotatable bonds is 15. The monoisotopic (exact) mass is 385 g/mol. The molecular weight excluding hydrogens is 358 g/mol. The molecule has 0 amide bonds. The van der Waals surface area contributed by atoms with Crippen molar-refractivity contribution in [2.75, 3.05) is 46.9 Å². The van der Waals surface area contributed by atoms with Crippen LogP contribution in [0.1, 0.15) is 31.4 Å². The molecule has 0 saturated heterocycles. The van der Waals surface area contributed by atoms with Gasteiger partial charge < -0.3 is 23.7 Å². The van der Waals surface area contributed by atoms with Gasteiger partial charge >= 0.3 is 5.97 Å². The van der Waals surface area contributed by atoms with E-state index in [0.717, 1.165) is 0 Å². The molecule has 9 heteroatoms. The lowest BCUT2D eigenvalue weighted by Crippen LogP contribution is -2.15. The van der Waals surface area contributed by atoms with E-state index in [1.165, 1.54) is 6.07 Å². The summed E-state index contributed by atoms with van der Waals surface area (Å²) in [7, 11) is 1.59. The third-order valence-electron chi connectivity index (χ3n) is 3.55. The molecule has 0 fully saturated rings. The van der Waals surface area contributed by atoms with Crippen molar-refractivity contribution in [2.24, 2.45) is 0 Å². The van der Waals surface area contributed by atoms with Crippen LogP contribution in [0, 0.1) is 10.1 Å². The van der Waals surface area contributed by atoms with Crippen molar-refractivity contribution in [2.45, 2.75) is 25.9 Å². The van der Waals surface area contributed by atoms with Gasteiger partial charge in [0.1, 0.15) is 12.9 Å². The van der Waals surface area contributed by atoms with E-state index in [2.05, 4.69) is 0 Å². The Bertz CT molecular complexity index is 566. The second-order valence-corrected chi connectivity index (χ2v) is 5.49. The highest BCUT2D eigenvalue weighted by Gasteiger charge is 2.23. The number of benzene rings is 1. The van der Waals surface area contributed by atoms with Crippen LogP contribution in [0.2, 0.25) is 0 Å². The fourth-order valence-electron chi connectivity index (χ4n) is 2.20. The van der Waals surface area contributed by atoms with E-state index in [9.17, 15) is 14.9 Å². The number of carbonyl (C=O) groups is 1. The molecule has 1 rings (SSSR count). The molecule has 0 saturated carbocycles. The van der Waals surface area contributed by atoms with Crippen molar-refractivity contribution in [3.05, 3.63) is 39.9 Å². The zero-order valence-electron chi connectivity index (χ0n) is 15.8. The third-order valence-corrected chi connectivity index (χ3v) is 3.55. The van der Waals surface area contributed by atoms with Gasteiger partial charge in [0.15, 0.2) is 0 Å². The second-order valence-electron chi connectivity index (χ2n) is 5.49. The minimum absolute atomic E-state index is 0.0570. The molecule has 152 valence electrons. The minimum atomic E-state index is -0.660. The summed E-state index contributed by atoms with van der Waals surface area (Å²) < 4.78 is 25.8. The molecule has 1 atom stereocenters. The number of nitrogens with zero attached hydrogens (tertiary/aromatic N) is 1. The topological polar surface area (TPSA) is 106 Å². The van der Waals surface area contributed by atoms with Gasteiger partial charge in [-0.1, -0.05) is 19.1 Å². The molecule has 0 radical (unpaired) electrons. The van der Waals surface area contributed by atoms with E-state index >= 15 is 0 Å². The molecule has 0 aliphatic carbocycles. The van der Waals surface area contributed by atoms with Gasteiger partial charge in [-0.15, -0.1) is 0 Å². The van der Waals surface area contributed by atoms with Crippen LogP contribution < -0.4 is 0 Å². The predicted octanol–water partition coefficient (Wildman–Crippen LogP) is 2.63. The fraction of sp³-hybridized carbons (Fsp3) is 0.611. The van der Waals surface area contributed by atoms with E-state index in [4.69, 9.17) is 23.7 Å².